The molecule has 0 atom stereocenters. The Labute approximate surface area is 86.6 Å². The molecule has 0 aromatic rings. The number of nitrogens with zero attached hydrogens (tertiary/aromatic N) is 1. The van der Waals surface area contributed by atoms with Crippen molar-refractivity contribution in [3.8, 4) is 0 Å². The Hall–Kier alpha value is 0.842. The van der Waals surface area contributed by atoms with Gasteiger partial charge in [-0.25, -0.2) is 0 Å². The van der Waals surface area contributed by atoms with Crippen LogP contribution in [0.4, 0.5) is 0 Å². The molecule has 0 bridgehead atoms. The van der Waals surface area contributed by atoms with E-state index in [1.54, 1.807) is 0 Å². The Morgan fingerprint density at radius 1 is 1.27 bits per heavy atom. The third-order valence-electron chi connectivity index (χ3n) is 2.11. The molecule has 0 rings (SSSR count). The SMILES string of the molecule is CCC(CC)(CN(C)C)[O][Pb]. The van der Waals surface area contributed by atoms with Gasteiger partial charge in [-0.15, -0.1) is 0 Å². The fourth-order valence-electron chi connectivity index (χ4n) is 1.23. The predicted molar refractivity (Wildman–Crippen MR) is 48.7 cm³/mol. The topological polar surface area (TPSA) is 12.5 Å². The van der Waals surface area contributed by atoms with Crippen molar-refractivity contribution >= 4 is 26.2 Å². The summed E-state index contributed by atoms with van der Waals surface area (Å²) < 4.78 is 5.64. The van der Waals surface area contributed by atoms with Gasteiger partial charge in [0.15, 0.2) is 0 Å². The maximum atomic E-state index is 5.64. The third kappa shape index (κ3) is 3.85. The first kappa shape index (κ1) is 11.8. The van der Waals surface area contributed by atoms with E-state index in [1.165, 1.54) is 0 Å². The maximum absolute atomic E-state index is 5.64. The first-order chi connectivity index (χ1) is 5.10. The van der Waals surface area contributed by atoms with Crippen LogP contribution in [0.1, 0.15) is 26.7 Å². The van der Waals surface area contributed by atoms with Crippen LogP contribution in [-0.2, 0) is 2.69 Å². The van der Waals surface area contributed by atoms with Crippen LogP contribution in [0.25, 0.3) is 0 Å². The van der Waals surface area contributed by atoms with E-state index in [-0.39, 0.29) is 5.60 Å². The van der Waals surface area contributed by atoms with Gasteiger partial charge in [-0.3, -0.25) is 0 Å². The number of hydrogen-bond donors (Lipinski definition) is 0. The minimum atomic E-state index is 0.135. The van der Waals surface area contributed by atoms with Crippen LogP contribution in [0.15, 0.2) is 0 Å². The average Bonchev–Trinajstić information content (AvgIpc) is 2.00. The Morgan fingerprint density at radius 3 is 1.82 bits per heavy atom. The van der Waals surface area contributed by atoms with Gasteiger partial charge in [0, 0.05) is 0 Å². The molecule has 0 aliphatic heterocycles. The van der Waals surface area contributed by atoms with Crippen LogP contribution in [0.5, 0.6) is 0 Å². The molecule has 0 aromatic carbocycles. The van der Waals surface area contributed by atoms with Crippen molar-refractivity contribution in [2.24, 2.45) is 0 Å². The molecule has 3 heteroatoms. The summed E-state index contributed by atoms with van der Waals surface area (Å²) >= 11 is 0.844. The molecule has 65 valence electrons. The van der Waals surface area contributed by atoms with E-state index < -0.39 is 0 Å². The Kier molecular flexibility index (Phi) is 5.90. The van der Waals surface area contributed by atoms with E-state index in [1.807, 2.05) is 0 Å². The van der Waals surface area contributed by atoms with Crippen molar-refractivity contribution < 1.29 is 2.69 Å². The van der Waals surface area contributed by atoms with Gasteiger partial charge in [-0.05, 0) is 0 Å². The summed E-state index contributed by atoms with van der Waals surface area (Å²) in [5.41, 5.74) is 0.135. The van der Waals surface area contributed by atoms with E-state index >= 15 is 0 Å². The zero-order valence-electron chi connectivity index (χ0n) is 7.98. The fourth-order valence-corrected chi connectivity index (χ4v) is 2.60. The van der Waals surface area contributed by atoms with Gasteiger partial charge in [-0.2, -0.15) is 0 Å². The summed E-state index contributed by atoms with van der Waals surface area (Å²) in [5, 5.41) is 0. The summed E-state index contributed by atoms with van der Waals surface area (Å²) in [5.74, 6) is 0. The van der Waals surface area contributed by atoms with Crippen LogP contribution in [0, 0.1) is 0 Å². The molecule has 0 spiro atoms. The summed E-state index contributed by atoms with van der Waals surface area (Å²) in [6.45, 7) is 5.44. The van der Waals surface area contributed by atoms with Gasteiger partial charge < -0.3 is 0 Å². The molecular weight excluding hydrogens is 333 g/mol. The fraction of sp³-hybridized carbons (Fsp3) is 1.00. The van der Waals surface area contributed by atoms with E-state index in [9.17, 15) is 0 Å². The third-order valence-corrected chi connectivity index (χ3v) is 3.79. The van der Waals surface area contributed by atoms with Crippen molar-refractivity contribution in [2.75, 3.05) is 20.6 Å². The Balaban J connectivity index is 4.05. The summed E-state index contributed by atoms with van der Waals surface area (Å²) in [7, 11) is 4.20. The second-order valence-electron chi connectivity index (χ2n) is 3.23. The minimum absolute atomic E-state index is 0.135. The van der Waals surface area contributed by atoms with Crippen LogP contribution in [0.2, 0.25) is 0 Å². The molecule has 2 nitrogen and oxygen atoms in total. The molecule has 0 aliphatic carbocycles. The van der Waals surface area contributed by atoms with E-state index in [0.717, 1.165) is 45.6 Å². The van der Waals surface area contributed by atoms with Gasteiger partial charge in [0.1, 0.15) is 0 Å². The Bertz CT molecular complexity index is 94.0. The standard InChI is InChI=1S/C8H18NO.Pb/c1-5-8(10,6-2)7-9(3)4;/h5-7H2,1-4H3;/q-1;+1. The number of likely N-dealkylation sites (N-methyl/N-ethyl adjacent to an activating group) is 1. The monoisotopic (exact) mass is 352 g/mol. The van der Waals surface area contributed by atoms with Gasteiger partial charge in [-0.1, -0.05) is 0 Å². The average molecular weight is 351 g/mol. The first-order valence-corrected chi connectivity index (χ1v) is 5.68. The number of rotatable bonds is 5. The van der Waals surface area contributed by atoms with Crippen LogP contribution in [-0.4, -0.2) is 57.4 Å². The summed E-state index contributed by atoms with van der Waals surface area (Å²) in [4.78, 5) is 2.20. The first-order valence-electron chi connectivity index (χ1n) is 4.09. The van der Waals surface area contributed by atoms with Crippen molar-refractivity contribution in [3.63, 3.8) is 0 Å². The van der Waals surface area contributed by atoms with E-state index in [4.69, 9.17) is 2.69 Å². The molecule has 0 saturated heterocycles. The second-order valence-corrected chi connectivity index (χ2v) is 4.02. The molecule has 0 aromatic heterocycles. The van der Waals surface area contributed by atoms with Crippen LogP contribution in [0.3, 0.4) is 0 Å². The molecule has 11 heavy (non-hydrogen) atoms. The molecule has 0 aliphatic rings. The molecule has 3 radical (unpaired) electrons. The van der Waals surface area contributed by atoms with Crippen molar-refractivity contribution in [1.82, 2.24) is 4.90 Å². The Morgan fingerprint density at radius 2 is 1.73 bits per heavy atom. The molecule has 0 fully saturated rings. The molecule has 0 amide bonds. The van der Waals surface area contributed by atoms with Gasteiger partial charge in [0.2, 0.25) is 0 Å². The van der Waals surface area contributed by atoms with Crippen LogP contribution < -0.4 is 0 Å². The molecule has 0 heterocycles. The van der Waals surface area contributed by atoms with Crippen molar-refractivity contribution in [1.29, 1.82) is 0 Å². The normalized spacial score (nSPS) is 12.5. The van der Waals surface area contributed by atoms with Gasteiger partial charge >= 0.3 is 86.7 Å². The zero-order chi connectivity index (χ0) is 8.91. The van der Waals surface area contributed by atoms with E-state index in [0.29, 0.717) is 0 Å². The van der Waals surface area contributed by atoms with Crippen molar-refractivity contribution in [2.45, 2.75) is 32.3 Å². The molecule has 0 unspecified atom stereocenters. The summed E-state index contributed by atoms with van der Waals surface area (Å²) in [6.07, 6.45) is 2.23. The molecule has 0 saturated carbocycles. The van der Waals surface area contributed by atoms with E-state index in [2.05, 4.69) is 32.8 Å². The van der Waals surface area contributed by atoms with Crippen molar-refractivity contribution in [3.05, 3.63) is 0 Å². The summed E-state index contributed by atoms with van der Waals surface area (Å²) in [6, 6.07) is 0. The number of hydrogen-bond acceptors (Lipinski definition) is 2. The van der Waals surface area contributed by atoms with Gasteiger partial charge in [0.25, 0.3) is 0 Å². The quantitative estimate of drug-likeness (QED) is 0.691. The van der Waals surface area contributed by atoms with Crippen LogP contribution >= 0.6 is 0 Å². The zero-order valence-corrected chi connectivity index (χ0v) is 11.9. The molecule has 0 N–H and O–H groups in total. The predicted octanol–water partition coefficient (Wildman–Crippen LogP) is 1.21. The molecular formula is C8H18NOPb. The van der Waals surface area contributed by atoms with Gasteiger partial charge in [0.05, 0.1) is 0 Å². The second kappa shape index (κ2) is 5.48.